The number of H-pyrrole nitrogens is 1. The zero-order valence-electron chi connectivity index (χ0n) is 13.1. The lowest BCUT2D eigenvalue weighted by molar-refractivity contribution is -0.384. The van der Waals surface area contributed by atoms with Crippen LogP contribution in [-0.2, 0) is 0 Å². The van der Waals surface area contributed by atoms with Gasteiger partial charge >= 0.3 is 0 Å². The van der Waals surface area contributed by atoms with Gasteiger partial charge in [-0.3, -0.25) is 20.0 Å². The van der Waals surface area contributed by atoms with Gasteiger partial charge in [0.2, 0.25) is 0 Å². The number of nitrogens with one attached hydrogen (secondary N) is 2. The van der Waals surface area contributed by atoms with Gasteiger partial charge in [-0.05, 0) is 35.9 Å². The Bertz CT molecular complexity index is 1010. The van der Waals surface area contributed by atoms with E-state index in [4.69, 9.17) is 0 Å². The van der Waals surface area contributed by atoms with Crippen LogP contribution >= 0.6 is 0 Å². The first-order chi connectivity index (χ1) is 12.0. The Morgan fingerprint density at radius 1 is 1.36 bits per heavy atom. The van der Waals surface area contributed by atoms with Crippen LogP contribution in [0.1, 0.15) is 21.7 Å². The van der Waals surface area contributed by atoms with Crippen LogP contribution in [0.3, 0.4) is 0 Å². The number of nitro groups is 1. The number of aryl methyl sites for hydroxylation is 1. The topological polar surface area (TPSA) is 134 Å². The molecule has 0 unspecified atom stereocenters. The van der Waals surface area contributed by atoms with Gasteiger partial charge in [0.1, 0.15) is 5.75 Å². The molecule has 0 fully saturated rings. The summed E-state index contributed by atoms with van der Waals surface area (Å²) >= 11 is 0. The number of nitrogens with zero attached hydrogens (tertiary/aromatic N) is 3. The Morgan fingerprint density at radius 3 is 2.84 bits per heavy atom. The molecule has 3 N–H and O–H groups in total. The molecule has 0 aliphatic carbocycles. The van der Waals surface area contributed by atoms with Crippen molar-refractivity contribution in [3.05, 3.63) is 63.5 Å². The molecule has 126 valence electrons. The molecule has 1 aromatic heterocycles. The van der Waals surface area contributed by atoms with E-state index in [2.05, 4.69) is 20.7 Å². The summed E-state index contributed by atoms with van der Waals surface area (Å²) in [4.78, 5) is 22.2. The summed E-state index contributed by atoms with van der Waals surface area (Å²) in [5.41, 5.74) is 3.52. The lowest BCUT2D eigenvalue weighted by Crippen LogP contribution is -2.18. The molecular weight excluding hydrogens is 326 g/mol. The van der Waals surface area contributed by atoms with Crippen molar-refractivity contribution >= 4 is 28.6 Å². The third-order valence-electron chi connectivity index (χ3n) is 3.53. The number of carbonyl (C=O) groups is 1. The fraction of sp³-hybridized carbons (Fsp3) is 0.0625. The summed E-state index contributed by atoms with van der Waals surface area (Å²) in [5, 5.41) is 32.3. The Labute approximate surface area is 141 Å². The monoisotopic (exact) mass is 339 g/mol. The molecule has 25 heavy (non-hydrogen) atoms. The maximum absolute atomic E-state index is 11.9. The number of rotatable bonds is 4. The van der Waals surface area contributed by atoms with Crippen molar-refractivity contribution in [2.75, 3.05) is 0 Å². The van der Waals surface area contributed by atoms with Crippen molar-refractivity contribution in [1.82, 2.24) is 15.6 Å². The van der Waals surface area contributed by atoms with Gasteiger partial charge in [-0.25, -0.2) is 5.43 Å². The number of aromatic nitrogens is 2. The lowest BCUT2D eigenvalue weighted by atomic mass is 10.0. The second kappa shape index (κ2) is 6.40. The number of aromatic hydroxyl groups is 1. The number of hydrogen-bond donors (Lipinski definition) is 3. The van der Waals surface area contributed by atoms with E-state index in [0.29, 0.717) is 16.3 Å². The zero-order chi connectivity index (χ0) is 18.0. The molecule has 0 aliphatic heterocycles. The van der Waals surface area contributed by atoms with Crippen molar-refractivity contribution in [2.24, 2.45) is 5.10 Å². The van der Waals surface area contributed by atoms with Crippen molar-refractivity contribution < 1.29 is 14.8 Å². The summed E-state index contributed by atoms with van der Waals surface area (Å²) in [6, 6.07) is 8.81. The summed E-state index contributed by atoms with van der Waals surface area (Å²) in [6.07, 6.45) is 1.28. The van der Waals surface area contributed by atoms with E-state index in [1.54, 1.807) is 19.1 Å². The van der Waals surface area contributed by atoms with Crippen LogP contribution in [0.2, 0.25) is 0 Å². The van der Waals surface area contributed by atoms with Crippen molar-refractivity contribution in [3.63, 3.8) is 0 Å². The van der Waals surface area contributed by atoms with Gasteiger partial charge in [0.15, 0.2) is 5.69 Å². The number of non-ortho nitro benzene ring substituents is 1. The molecule has 0 saturated heterocycles. The SMILES string of the molecule is Cc1cc(C(=O)NN=Cc2c(O)ccc3cc([N+](=O)[O-])ccc23)n[nH]1. The van der Waals surface area contributed by atoms with E-state index >= 15 is 0 Å². The first kappa shape index (κ1) is 16.1. The number of benzene rings is 2. The normalized spacial score (nSPS) is 11.1. The summed E-state index contributed by atoms with van der Waals surface area (Å²) in [5.74, 6) is -0.564. The van der Waals surface area contributed by atoms with E-state index < -0.39 is 10.8 Å². The van der Waals surface area contributed by atoms with Gasteiger partial charge in [0, 0.05) is 23.4 Å². The predicted molar refractivity (Wildman–Crippen MR) is 90.7 cm³/mol. The molecule has 3 rings (SSSR count). The molecule has 9 heteroatoms. The van der Waals surface area contributed by atoms with Crippen LogP contribution in [0.4, 0.5) is 5.69 Å². The number of aromatic amines is 1. The second-order valence-corrected chi connectivity index (χ2v) is 5.30. The van der Waals surface area contributed by atoms with Crippen molar-refractivity contribution in [2.45, 2.75) is 6.92 Å². The molecule has 0 bridgehead atoms. The highest BCUT2D eigenvalue weighted by Gasteiger charge is 2.11. The molecule has 2 aromatic carbocycles. The Morgan fingerprint density at radius 2 is 2.16 bits per heavy atom. The smallest absolute Gasteiger partial charge is 0.291 e. The largest absolute Gasteiger partial charge is 0.507 e. The number of fused-ring (bicyclic) bond motifs is 1. The average Bonchev–Trinajstić information content (AvgIpc) is 3.02. The number of amides is 1. The minimum absolute atomic E-state index is 0.0525. The van der Waals surface area contributed by atoms with Crippen molar-refractivity contribution in [1.29, 1.82) is 0 Å². The van der Waals surface area contributed by atoms with E-state index in [1.807, 2.05) is 0 Å². The summed E-state index contributed by atoms with van der Waals surface area (Å²) in [7, 11) is 0. The van der Waals surface area contributed by atoms with Crippen LogP contribution < -0.4 is 5.43 Å². The first-order valence-corrected chi connectivity index (χ1v) is 7.21. The molecule has 0 atom stereocenters. The number of carbonyl (C=O) groups excluding carboxylic acids is 1. The highest BCUT2D eigenvalue weighted by atomic mass is 16.6. The van der Waals surface area contributed by atoms with Gasteiger partial charge in [0.05, 0.1) is 11.1 Å². The van der Waals surface area contributed by atoms with E-state index in [0.717, 1.165) is 5.69 Å². The number of phenols is 1. The Kier molecular flexibility index (Phi) is 4.12. The standard InChI is InChI=1S/C16H13N5O4/c1-9-6-14(19-18-9)16(23)20-17-8-13-12-4-3-11(21(24)25)7-10(12)2-5-15(13)22/h2-8,22H,1H3,(H,18,19)(H,20,23). The third-order valence-corrected chi connectivity index (χ3v) is 3.53. The lowest BCUT2D eigenvalue weighted by Gasteiger charge is -2.05. The molecule has 1 amide bonds. The average molecular weight is 339 g/mol. The van der Waals surface area contributed by atoms with Gasteiger partial charge in [-0.2, -0.15) is 10.2 Å². The minimum Gasteiger partial charge on any atom is -0.507 e. The van der Waals surface area contributed by atoms with Crippen LogP contribution in [0.15, 0.2) is 41.5 Å². The van der Waals surface area contributed by atoms with Gasteiger partial charge in [0.25, 0.3) is 11.6 Å². The quantitative estimate of drug-likeness (QED) is 0.381. The number of hydrazone groups is 1. The fourth-order valence-corrected chi connectivity index (χ4v) is 2.33. The highest BCUT2D eigenvalue weighted by molar-refractivity contribution is 6.03. The molecule has 0 spiro atoms. The van der Waals surface area contributed by atoms with Gasteiger partial charge in [-0.15, -0.1) is 0 Å². The maximum atomic E-state index is 11.9. The number of hydrogen-bond acceptors (Lipinski definition) is 6. The number of phenolic OH excluding ortho intramolecular Hbond substituents is 1. The van der Waals surface area contributed by atoms with E-state index in [1.165, 1.54) is 30.5 Å². The Hall–Kier alpha value is -3.75. The van der Waals surface area contributed by atoms with Gasteiger partial charge in [-0.1, -0.05) is 6.07 Å². The molecular formula is C16H13N5O4. The van der Waals surface area contributed by atoms with E-state index in [9.17, 15) is 20.0 Å². The van der Waals surface area contributed by atoms with E-state index in [-0.39, 0.29) is 17.1 Å². The first-order valence-electron chi connectivity index (χ1n) is 7.21. The summed E-state index contributed by atoms with van der Waals surface area (Å²) < 4.78 is 0. The highest BCUT2D eigenvalue weighted by Crippen LogP contribution is 2.28. The molecule has 3 aromatic rings. The Balaban J connectivity index is 1.88. The fourth-order valence-electron chi connectivity index (χ4n) is 2.33. The molecule has 0 saturated carbocycles. The van der Waals surface area contributed by atoms with Crippen LogP contribution in [0.25, 0.3) is 10.8 Å². The molecule has 0 aliphatic rings. The van der Waals surface area contributed by atoms with Crippen LogP contribution in [0, 0.1) is 17.0 Å². The zero-order valence-corrected chi connectivity index (χ0v) is 13.1. The minimum atomic E-state index is -0.504. The van der Waals surface area contributed by atoms with Crippen LogP contribution in [-0.4, -0.2) is 32.3 Å². The van der Waals surface area contributed by atoms with Gasteiger partial charge < -0.3 is 5.11 Å². The molecule has 9 nitrogen and oxygen atoms in total. The van der Waals surface area contributed by atoms with Crippen LogP contribution in [0.5, 0.6) is 5.75 Å². The third kappa shape index (κ3) is 3.29. The molecule has 1 heterocycles. The predicted octanol–water partition coefficient (Wildman–Crippen LogP) is 2.25. The summed E-state index contributed by atoms with van der Waals surface area (Å²) in [6.45, 7) is 1.76. The number of nitro benzene ring substituents is 1. The molecule has 0 radical (unpaired) electrons. The van der Waals surface area contributed by atoms with Crippen molar-refractivity contribution in [3.8, 4) is 5.75 Å². The second-order valence-electron chi connectivity index (χ2n) is 5.30. The maximum Gasteiger partial charge on any atom is 0.291 e.